The van der Waals surface area contributed by atoms with E-state index >= 15 is 0 Å². The minimum atomic E-state index is -3.05. The summed E-state index contributed by atoms with van der Waals surface area (Å²) in [7, 11) is 2.41. The maximum absolute atomic E-state index is 14.3. The molecule has 0 unspecified atom stereocenters. The van der Waals surface area contributed by atoms with Crippen LogP contribution in [0.15, 0.2) is 102 Å². The van der Waals surface area contributed by atoms with Crippen LogP contribution in [0.3, 0.4) is 0 Å². The fraction of sp³-hybridized carbons (Fsp3) is 0.365. The number of Topliss-reactive ketones (excluding diaryl/α,β-unsaturated/α-hetero) is 3. The number of hydrogen-bond acceptors (Lipinski definition) is 12. The number of phenols is 1. The summed E-state index contributed by atoms with van der Waals surface area (Å²) in [5, 5.41) is 64.6. The highest BCUT2D eigenvalue weighted by Gasteiger charge is 2.68. The lowest BCUT2D eigenvalue weighted by Crippen LogP contribution is -2.70. The van der Waals surface area contributed by atoms with Crippen LogP contribution in [0.2, 0.25) is 0 Å². The number of primary amides is 1. The molecule has 67 heavy (non-hydrogen) atoms. The van der Waals surface area contributed by atoms with Crippen LogP contribution in [0, 0.1) is 25.7 Å². The van der Waals surface area contributed by atoms with Crippen molar-refractivity contribution in [2.24, 2.45) is 17.6 Å². The average molecular weight is 933 g/mol. The molecule has 0 saturated heterocycles. The smallest absolute Gasteiger partial charge is 0.255 e. The number of fused-ring (bicyclic) bond motifs is 3. The summed E-state index contributed by atoms with van der Waals surface area (Å²) in [5.74, 6) is -10.1. The first kappa shape index (κ1) is 48.7. The van der Waals surface area contributed by atoms with Crippen molar-refractivity contribution >= 4 is 63.8 Å². The summed E-state index contributed by atoms with van der Waals surface area (Å²) in [6.07, 6.45) is 1.49. The number of rotatable bonds is 16. The highest BCUT2D eigenvalue weighted by atomic mass is 31.2. The molecular formula is C52H59N3O11P+. The second-order valence-corrected chi connectivity index (χ2v) is 21.9. The molecule has 0 spiro atoms. The Balaban J connectivity index is 1.03. The van der Waals surface area contributed by atoms with Gasteiger partial charge in [0, 0.05) is 30.8 Å². The van der Waals surface area contributed by atoms with Crippen LogP contribution < -0.4 is 31.7 Å². The number of nitrogens with zero attached hydrogens (tertiary/aromatic N) is 1. The fourth-order valence-corrected chi connectivity index (χ4v) is 14.8. The van der Waals surface area contributed by atoms with Crippen LogP contribution in [-0.4, -0.2) is 105 Å². The molecule has 0 radical (unpaired) electrons. The van der Waals surface area contributed by atoms with E-state index in [9.17, 15) is 49.5 Å². The van der Waals surface area contributed by atoms with Crippen LogP contribution in [0.1, 0.15) is 73.6 Å². The minimum absolute atomic E-state index is 0.0477. The van der Waals surface area contributed by atoms with Gasteiger partial charge in [-0.3, -0.25) is 28.9 Å². The van der Waals surface area contributed by atoms with E-state index in [1.165, 1.54) is 58.2 Å². The van der Waals surface area contributed by atoms with E-state index < -0.39 is 94.6 Å². The first-order valence-electron chi connectivity index (χ1n) is 22.5. The third-order valence-electron chi connectivity index (χ3n) is 13.9. The van der Waals surface area contributed by atoms with Gasteiger partial charge in [-0.2, -0.15) is 0 Å². The number of likely N-dealkylation sites (N-methyl/N-ethyl adjacent to an activating group) is 1. The van der Waals surface area contributed by atoms with Crippen LogP contribution in [-0.2, 0) is 24.0 Å². The number of phenolic OH excluding ortho intramolecular Hbond substituents is 1. The number of aliphatic hydroxyl groups excluding tert-OH is 3. The maximum atomic E-state index is 14.3. The topological polar surface area (TPSA) is 237 Å². The van der Waals surface area contributed by atoms with Gasteiger partial charge in [0.05, 0.1) is 42.6 Å². The molecule has 1 saturated carbocycles. The second kappa shape index (κ2) is 19.2. The first-order chi connectivity index (χ1) is 31.8. The molecule has 8 N–H and O–H groups in total. The fourth-order valence-electron chi connectivity index (χ4n) is 10.4. The quantitative estimate of drug-likeness (QED) is 0.0342. The van der Waals surface area contributed by atoms with E-state index in [4.69, 9.17) is 10.5 Å². The van der Waals surface area contributed by atoms with Crippen molar-refractivity contribution in [3.63, 3.8) is 0 Å². The number of hydrogen-bond donors (Lipinski definition) is 7. The summed E-state index contributed by atoms with van der Waals surface area (Å²) < 4.78 is 5.50. The number of aliphatic hydroxyl groups is 4. The Morgan fingerprint density at radius 3 is 1.91 bits per heavy atom. The molecule has 6 atom stereocenters. The van der Waals surface area contributed by atoms with Gasteiger partial charge in [-0.1, -0.05) is 48.4 Å². The summed E-state index contributed by atoms with van der Waals surface area (Å²) >= 11 is 0. The Labute approximate surface area is 390 Å². The molecule has 0 heterocycles. The Morgan fingerprint density at radius 1 is 0.806 bits per heavy atom. The average Bonchev–Trinajstić information content (AvgIpc) is 3.29. The molecule has 0 bridgehead atoms. The number of aryl methyl sites for hydroxylation is 2. The van der Waals surface area contributed by atoms with Crippen molar-refractivity contribution in [3.05, 3.63) is 124 Å². The van der Waals surface area contributed by atoms with E-state index in [-0.39, 0.29) is 41.9 Å². The van der Waals surface area contributed by atoms with Gasteiger partial charge in [-0.15, -0.1) is 0 Å². The lowest BCUT2D eigenvalue weighted by atomic mass is 9.54. The number of nitrogens with two attached hydrogens (primary N) is 1. The summed E-state index contributed by atoms with van der Waals surface area (Å²) in [5.41, 5.74) is 3.06. The molecule has 3 aliphatic rings. The van der Waals surface area contributed by atoms with E-state index in [1.807, 2.05) is 12.1 Å². The number of carbonyl (C=O) groups is 5. The van der Waals surface area contributed by atoms with Gasteiger partial charge in [0.15, 0.2) is 11.4 Å². The van der Waals surface area contributed by atoms with Gasteiger partial charge in [-0.05, 0) is 113 Å². The number of benzene rings is 4. The van der Waals surface area contributed by atoms with Crippen LogP contribution in [0.4, 0.5) is 5.69 Å². The molecule has 14 nitrogen and oxygen atoms in total. The zero-order valence-electron chi connectivity index (χ0n) is 38.6. The summed E-state index contributed by atoms with van der Waals surface area (Å²) in [4.78, 5) is 67.8. The number of ether oxygens (including phenoxy) is 1. The van der Waals surface area contributed by atoms with E-state index in [2.05, 4.69) is 79.8 Å². The minimum Gasteiger partial charge on any atom is -0.508 e. The molecule has 4 aromatic carbocycles. The Hall–Kier alpha value is -6.18. The zero-order chi connectivity index (χ0) is 48.7. The Kier molecular flexibility index (Phi) is 14.0. The van der Waals surface area contributed by atoms with Crippen LogP contribution in [0.25, 0.3) is 5.76 Å². The van der Waals surface area contributed by atoms with Gasteiger partial charge < -0.3 is 41.3 Å². The number of carbonyl (C=O) groups excluding carboxylic acids is 5. The lowest BCUT2D eigenvalue weighted by molar-refractivity contribution is -0.169. The predicted octanol–water partition coefficient (Wildman–Crippen LogP) is 4.96. The van der Waals surface area contributed by atoms with Gasteiger partial charge in [-0.25, -0.2) is 0 Å². The van der Waals surface area contributed by atoms with E-state index in [0.717, 1.165) is 24.8 Å². The van der Waals surface area contributed by atoms with Crippen LogP contribution in [0.5, 0.6) is 11.5 Å². The number of ketones is 3. The SMILES string of the molecule is COc1ccc([P+](CCCCCC(=O)CCC(=O)Nc2ccc3c(c2O)C(O)=C2C(=O)[C@]4(O)C(O)=C(C(N)=O)C(=O)[C@@H](N(C)C)[C@@H]4[C@@H](O)[C@@H]2[C@H]3C)(c2ccc(C)cc2)c2ccc(C)cc2)cc1. The normalized spacial score (nSPS) is 22.6. The molecule has 0 aromatic heterocycles. The Bertz CT molecular complexity index is 2630. The largest absolute Gasteiger partial charge is 0.508 e. The Morgan fingerprint density at radius 2 is 1.37 bits per heavy atom. The van der Waals surface area contributed by atoms with Gasteiger partial charge in [0.1, 0.15) is 57.5 Å². The molecular weight excluding hydrogens is 874 g/mol. The number of anilines is 1. The van der Waals surface area contributed by atoms with Crippen molar-refractivity contribution in [1.29, 1.82) is 0 Å². The molecule has 352 valence electrons. The summed E-state index contributed by atoms with van der Waals surface area (Å²) in [6, 6.07) is 27.3. The maximum Gasteiger partial charge on any atom is 0.255 e. The van der Waals surface area contributed by atoms with Crippen molar-refractivity contribution in [2.75, 3.05) is 32.7 Å². The number of unbranched alkanes of at least 4 members (excludes halogenated alkanes) is 2. The molecule has 7 rings (SSSR count). The molecule has 3 aliphatic carbocycles. The van der Waals surface area contributed by atoms with Crippen molar-refractivity contribution in [1.82, 2.24) is 4.90 Å². The van der Waals surface area contributed by atoms with Gasteiger partial charge in [0.25, 0.3) is 5.91 Å². The number of aromatic hydroxyl groups is 1. The number of methoxy groups -OCH3 is 1. The van der Waals surface area contributed by atoms with Crippen molar-refractivity contribution in [3.8, 4) is 11.5 Å². The molecule has 15 heteroatoms. The highest BCUT2D eigenvalue weighted by molar-refractivity contribution is 7.95. The first-order valence-corrected chi connectivity index (χ1v) is 24.4. The number of nitrogens with one attached hydrogen (secondary N) is 1. The molecule has 1 fully saturated rings. The predicted molar refractivity (Wildman–Crippen MR) is 258 cm³/mol. The number of amides is 2. The molecule has 0 aliphatic heterocycles. The van der Waals surface area contributed by atoms with Crippen molar-refractivity contribution in [2.45, 2.75) is 83.0 Å². The third kappa shape index (κ3) is 8.56. The van der Waals surface area contributed by atoms with Gasteiger partial charge >= 0.3 is 0 Å². The van der Waals surface area contributed by atoms with Gasteiger partial charge in [0.2, 0.25) is 11.7 Å². The lowest BCUT2D eigenvalue weighted by Gasteiger charge is -2.53. The van der Waals surface area contributed by atoms with E-state index in [0.29, 0.717) is 6.42 Å². The second-order valence-electron chi connectivity index (χ2n) is 18.3. The molecule has 2 amide bonds. The standard InChI is InChI=1S/C52H58N3O11P/c1-28-11-18-33(19-12-28)67(34-20-13-29(2)14-21-34,35-22-16-32(66-6)17-23-35)27-9-7-8-10-31(56)15-26-38(57)54-37-25-24-36-30(3)39-41(46(59)40(36)45(37)58)49(62)52(65)43(47(39)60)44(55(4)5)48(61)42(50(52)63)51(53)64/h11-14,16-25,30,39,43-44,47,60,65H,7-10,15,26-27H2,1-6H3,(H5-,53,54,57,58,59,61,62,63,64)/p+1/t30-,39+,43+,44-,47-,52-/m0/s1. The zero-order valence-corrected chi connectivity index (χ0v) is 39.5. The van der Waals surface area contributed by atoms with Crippen LogP contribution >= 0.6 is 7.26 Å². The highest BCUT2D eigenvalue weighted by Crippen LogP contribution is 2.58. The monoisotopic (exact) mass is 932 g/mol. The third-order valence-corrected chi connectivity index (χ3v) is 18.5. The van der Waals surface area contributed by atoms with Crippen molar-refractivity contribution < 1.29 is 54.2 Å². The van der Waals surface area contributed by atoms with E-state index in [1.54, 1.807) is 14.0 Å². The molecule has 4 aromatic rings. The summed E-state index contributed by atoms with van der Waals surface area (Å²) in [6.45, 7) is 5.78.